The number of benzene rings is 1. The molecule has 0 saturated carbocycles. The fourth-order valence-electron chi connectivity index (χ4n) is 13.2. The van der Waals surface area contributed by atoms with E-state index < -0.39 is 84.0 Å². The van der Waals surface area contributed by atoms with E-state index in [0.717, 1.165) is 95.7 Å². The predicted octanol–water partition coefficient (Wildman–Crippen LogP) is 15.3. The van der Waals surface area contributed by atoms with Crippen LogP contribution in [0.5, 0.6) is 23.5 Å². The Kier molecular flexibility index (Phi) is 58.5. The van der Waals surface area contributed by atoms with E-state index >= 15 is 0 Å². The van der Waals surface area contributed by atoms with Gasteiger partial charge in [-0.15, -0.1) is 12.4 Å². The lowest BCUT2D eigenvalue weighted by atomic mass is 10.0. The molecule has 0 spiro atoms. The van der Waals surface area contributed by atoms with Crippen LogP contribution in [0.25, 0.3) is 22.0 Å². The number of ether oxygens (including phenoxy) is 6. The summed E-state index contributed by atoms with van der Waals surface area (Å²) in [6.45, 7) is 23.9. The van der Waals surface area contributed by atoms with E-state index in [2.05, 4.69) is 140 Å². The summed E-state index contributed by atoms with van der Waals surface area (Å²) < 4.78 is 88.7. The highest BCUT2D eigenvalue weighted by molar-refractivity contribution is 8.51. The topological polar surface area (TPSA) is 367 Å². The van der Waals surface area contributed by atoms with Crippen molar-refractivity contribution in [1.29, 1.82) is 0 Å². The van der Waals surface area contributed by atoms with Gasteiger partial charge in [0.15, 0.2) is 17.3 Å². The van der Waals surface area contributed by atoms with Crippen molar-refractivity contribution in [3.8, 4) is 34.6 Å². The molecule has 730 valence electrons. The van der Waals surface area contributed by atoms with E-state index in [4.69, 9.17) is 39.3 Å². The number of halogens is 5. The second-order valence-corrected chi connectivity index (χ2v) is 37.5. The number of ketones is 3. The maximum Gasteiger partial charge on any atom is 0.411 e. The van der Waals surface area contributed by atoms with Crippen molar-refractivity contribution in [1.82, 2.24) is 59.7 Å². The molecule has 4 aliphatic rings. The first-order valence-corrected chi connectivity index (χ1v) is 50.7. The zero-order valence-electron chi connectivity index (χ0n) is 76.3. The molecular weight excluding hydrogens is 1930 g/mol. The number of pyridine rings is 4. The number of likely N-dealkylation sites (tertiary alicyclic amines) is 3. The van der Waals surface area contributed by atoms with Gasteiger partial charge in [0.25, 0.3) is 0 Å². The Morgan fingerprint density at radius 1 is 0.553 bits per heavy atom. The number of carboxylic acid groups (broad SMARTS) is 1. The molecule has 44 heteroatoms. The van der Waals surface area contributed by atoms with Crippen LogP contribution in [-0.2, 0) is 147 Å². The van der Waals surface area contributed by atoms with Crippen LogP contribution in [0.4, 0.5) is 38.8 Å². The number of anilines is 2. The third-order valence-electron chi connectivity index (χ3n) is 19.2. The zero-order chi connectivity index (χ0) is 96.5. The summed E-state index contributed by atoms with van der Waals surface area (Å²) in [5.41, 5.74) is 7.64. The molecule has 11 rings (SSSR count). The molecule has 6 aromatic heterocycles. The van der Waals surface area contributed by atoms with E-state index in [1.165, 1.54) is 52.0 Å². The Labute approximate surface area is 822 Å². The van der Waals surface area contributed by atoms with Gasteiger partial charge < -0.3 is 54.8 Å². The van der Waals surface area contributed by atoms with E-state index in [-0.39, 0.29) is 132 Å². The number of amides is 4. The van der Waals surface area contributed by atoms with E-state index in [1.54, 1.807) is 122 Å². The van der Waals surface area contributed by atoms with Crippen molar-refractivity contribution in [2.24, 2.45) is 0 Å². The van der Waals surface area contributed by atoms with Crippen molar-refractivity contribution >= 4 is 190 Å². The number of nitrogen functional groups attached to an aromatic ring is 1. The highest BCUT2D eigenvalue weighted by atomic mass is 35.5. The number of hydrogen-bond donors (Lipinski definition) is 4. The summed E-state index contributed by atoms with van der Waals surface area (Å²) in [7, 11) is 3.26. The summed E-state index contributed by atoms with van der Waals surface area (Å²) >= 11 is 24.2. The van der Waals surface area contributed by atoms with Gasteiger partial charge in [0, 0.05) is 181 Å². The predicted molar refractivity (Wildman–Crippen MR) is 533 cm³/mol. The van der Waals surface area contributed by atoms with Crippen molar-refractivity contribution in [3.05, 3.63) is 126 Å². The first kappa shape index (κ1) is 120. The van der Waals surface area contributed by atoms with E-state index in [0.29, 0.717) is 77.3 Å². The van der Waals surface area contributed by atoms with Crippen LogP contribution in [0.3, 0.4) is 0 Å². The van der Waals surface area contributed by atoms with Gasteiger partial charge in [-0.1, -0.05) is 109 Å². The second kappa shape index (κ2) is 64.6. The largest absolute Gasteiger partial charge is 0.480 e. The summed E-state index contributed by atoms with van der Waals surface area (Å²) in [5.74, 6) is 0.678. The molecule has 4 amide bonds. The maximum absolute atomic E-state index is 14.6. The van der Waals surface area contributed by atoms with Crippen molar-refractivity contribution in [3.63, 3.8) is 0 Å². The van der Waals surface area contributed by atoms with Gasteiger partial charge in [-0.2, -0.15) is 28.6 Å². The molecular formula is C88H123ClF4N14O15S10. The molecule has 0 aliphatic carbocycles. The quantitative estimate of drug-likeness (QED) is 0.0169. The molecule has 0 bridgehead atoms. The number of aliphatic carboxylic acids is 1. The molecule has 5 N–H and O–H groups in total. The normalized spacial score (nSPS) is 17.3. The molecule has 29 nitrogen and oxygen atoms in total. The Morgan fingerprint density at radius 3 is 1.41 bits per heavy atom. The minimum atomic E-state index is -1.36. The van der Waals surface area contributed by atoms with Gasteiger partial charge in [0.1, 0.15) is 77.7 Å². The summed E-state index contributed by atoms with van der Waals surface area (Å²) in [5, 5.41) is 19.4. The SMILES string of the molecule is CC(C)(C)OC(=O)N1C[C@H](F)C[C@H]1C(=O)O.CCCCCOc1cccc(CC(=O)[C@@H]2C[C@@H](F)CN2)n1.CCCCCOc1cccc(CC(=O)[C@@H]2C[C@@H](F)CN2C(=O)OC(C)(C)C)n1.CCCCCOc1cccc(N)n1.CCCCCOc1cccc(NC(=O)[C@@H]2C[C@@H](F)CN2C(=O)Cn2nc(C(C)=O)c3cc(-c4cnc(C)nc4)ccc32)n1.Cl.S.S=S.S=S=S.S=S=S=S. The third-order valence-corrected chi connectivity index (χ3v) is 21.5. The average Bonchev–Trinajstić information content (AvgIpc) is 1.62. The molecule has 132 heavy (non-hydrogen) atoms. The van der Waals surface area contributed by atoms with Gasteiger partial charge in [-0.25, -0.2) is 51.9 Å². The second-order valence-electron chi connectivity index (χ2n) is 32.2. The number of carboxylic acids is 1. The molecule has 4 aliphatic heterocycles. The summed E-state index contributed by atoms with van der Waals surface area (Å²) in [6.07, 6.45) is 10.3. The summed E-state index contributed by atoms with van der Waals surface area (Å²) in [4.78, 5) is 128. The monoisotopic (exact) mass is 2050 g/mol. The first-order valence-electron chi connectivity index (χ1n) is 42.7. The van der Waals surface area contributed by atoms with Gasteiger partial charge in [0.05, 0.1) is 87.9 Å². The molecule has 0 unspecified atom stereocenters. The number of carbonyl (C=O) groups excluding carboxylic acids is 7. The highest BCUT2D eigenvalue weighted by Crippen LogP contribution is 2.31. The average molecular weight is 2050 g/mol. The number of fused-ring (bicyclic) bond motifs is 1. The number of nitrogens with two attached hydrogens (primary N) is 1. The number of nitrogens with zero attached hydrogens (tertiary/aromatic N) is 11. The van der Waals surface area contributed by atoms with Crippen LogP contribution < -0.4 is 35.3 Å². The lowest BCUT2D eigenvalue weighted by molar-refractivity contribution is -0.142. The highest BCUT2D eigenvalue weighted by Gasteiger charge is 2.44. The van der Waals surface area contributed by atoms with E-state index in [1.807, 2.05) is 30.3 Å². The molecule has 0 radical (unpaired) electrons. The van der Waals surface area contributed by atoms with Gasteiger partial charge in [0.2, 0.25) is 35.3 Å². The number of Topliss-reactive ketones (excluding diaryl/α,β-unsaturated/α-hetero) is 3. The standard InChI is InChI=1S/C31H34FN7O4.C21H31FN2O4.C16H23FN2O2.C10H16FNO4.C10H16N2O.ClH.S4.S3.S2.H2S/c1-4-5-6-12-43-28-9-7-8-27(35-28)36-31(42)26-14-23(32)17-38(26)29(41)18-39-25-11-10-21(22-15-33-20(3)34-16-22)13-24(25)30(37-39)19(2)40;1-5-6-7-11-27-19-10-8-9-16(23-19)13-18(25)17-12-15(22)14-24(17)20(26)28-21(2,3)4;1-2-3-4-8-21-16-7-5-6-13(19-16)10-15(20)14-9-12(17)11-18-14;1-10(2,3)16-9(15)12-5-6(11)4-7(12)8(13)14;1-2-3-4-8-13-10-7-5-6-9(11)12-10;;1-3-4-2;1-3-2;1-2;/h7-11,13,15-16,23,26H,4-6,12,14,17-18H2,1-3H3,(H,35,36,42);8-10,15,17H,5-7,11-14H2,1-4H3;5-7,12,14,18H,2-4,8-11H2,1H3;6-7H,4-5H2,1-3H3,(H,13,14);5-7H,2-4,8H2,1H3,(H2,11,12);1H;;;;1H2/t23-,26+;15-,17+;12-,14+;6-,7+;;;;;;/m1111....../s1. The molecule has 4 fully saturated rings. The lowest BCUT2D eigenvalue weighted by Crippen LogP contribution is -2.44. The number of unbranched alkanes of at least 4 members (excludes halogenated alkanes) is 8. The van der Waals surface area contributed by atoms with Crippen LogP contribution in [0.1, 0.15) is 207 Å². The van der Waals surface area contributed by atoms with Gasteiger partial charge in [-0.05, 0) is 116 Å². The first-order chi connectivity index (χ1) is 62.0. The molecule has 4 saturated heterocycles. The molecule has 1 aromatic carbocycles. The van der Waals surface area contributed by atoms with Crippen LogP contribution in [-0.4, -0.2) is 219 Å². The Balaban J connectivity index is 0.000000576. The Hall–Kier alpha value is -8.37. The summed E-state index contributed by atoms with van der Waals surface area (Å²) in [6, 6.07) is 23.2. The van der Waals surface area contributed by atoms with Crippen LogP contribution >= 0.6 is 25.9 Å². The van der Waals surface area contributed by atoms with Crippen LogP contribution in [0, 0.1) is 6.92 Å². The fraction of sp³-hybridized carbons (Fsp3) is 0.557. The lowest BCUT2D eigenvalue weighted by Gasteiger charge is -2.27. The van der Waals surface area contributed by atoms with Gasteiger partial charge >= 0.3 is 18.2 Å². The Morgan fingerprint density at radius 2 is 0.977 bits per heavy atom. The number of rotatable bonds is 33. The van der Waals surface area contributed by atoms with Crippen LogP contribution in [0.15, 0.2) is 103 Å². The van der Waals surface area contributed by atoms with E-state index in [9.17, 15) is 55.9 Å². The number of aryl methyl sites for hydroxylation is 1. The smallest absolute Gasteiger partial charge is 0.411 e. The van der Waals surface area contributed by atoms with Gasteiger partial charge in [-0.3, -0.25) is 38.5 Å². The Bertz CT molecular complexity index is 4860. The van der Waals surface area contributed by atoms with Crippen molar-refractivity contribution in [2.75, 3.05) is 63.7 Å². The van der Waals surface area contributed by atoms with Crippen molar-refractivity contribution in [2.45, 2.75) is 265 Å². The number of alkyl halides is 4. The van der Waals surface area contributed by atoms with Crippen LogP contribution in [0.2, 0.25) is 0 Å². The zero-order valence-corrected chi connectivity index (χ0v) is 85.4. The third kappa shape index (κ3) is 44.9. The number of hydrogen-bond acceptors (Lipinski definition) is 29. The van der Waals surface area contributed by atoms with Crippen molar-refractivity contribution < 1.29 is 89.4 Å². The molecule has 10 heterocycles. The molecule has 7 aromatic rings. The minimum Gasteiger partial charge on any atom is -0.480 e. The minimum absolute atomic E-state index is 0. The number of aromatic nitrogens is 8. The molecule has 8 atom stereocenters. The fourth-order valence-corrected chi connectivity index (χ4v) is 13.2. The number of nitrogens with one attached hydrogen (secondary N) is 2. The number of carbonyl (C=O) groups is 8. The maximum atomic E-state index is 14.6.